The molecule has 1 unspecified atom stereocenters. The normalized spacial score (nSPS) is 18.0. The lowest BCUT2D eigenvalue weighted by atomic mass is 10.2. The van der Waals surface area contributed by atoms with Crippen LogP contribution in [-0.2, 0) is 0 Å². The molecule has 1 fully saturated rings. The molecule has 1 atom stereocenters. The van der Waals surface area contributed by atoms with Crippen LogP contribution in [0.3, 0.4) is 0 Å². The number of aromatic amines is 1. The highest BCUT2D eigenvalue weighted by Crippen LogP contribution is 2.40. The summed E-state index contributed by atoms with van der Waals surface area (Å²) in [5.74, 6) is 2.96. The lowest BCUT2D eigenvalue weighted by molar-refractivity contribution is 0.511. The van der Waals surface area contributed by atoms with Crippen molar-refractivity contribution in [3.63, 3.8) is 0 Å². The van der Waals surface area contributed by atoms with E-state index in [1.54, 1.807) is 0 Å². The Labute approximate surface area is 99.7 Å². The predicted octanol–water partition coefficient (Wildman–Crippen LogP) is 3.13. The van der Waals surface area contributed by atoms with Crippen LogP contribution in [0.5, 0.6) is 0 Å². The summed E-state index contributed by atoms with van der Waals surface area (Å²) < 4.78 is 3.03. The summed E-state index contributed by atoms with van der Waals surface area (Å²) in [6, 6.07) is 0.502. The standard InChI is InChI=1S/C10H17N3S2/c1-3-8(6-15-2)13-9(7-4-5-7)11-12-10(13)14/h7-8H,3-6H2,1-2H3,(H,12,14). The zero-order chi connectivity index (χ0) is 10.8. The SMILES string of the molecule is CCC(CSC)n1c(C2CC2)n[nH]c1=S. The first-order chi connectivity index (χ1) is 7.27. The second-order valence-corrected chi connectivity index (χ2v) is 5.35. The lowest BCUT2D eigenvalue weighted by Crippen LogP contribution is -2.13. The van der Waals surface area contributed by atoms with E-state index in [1.807, 2.05) is 11.8 Å². The molecule has 1 aromatic rings. The largest absolute Gasteiger partial charge is 0.300 e. The van der Waals surface area contributed by atoms with Crippen molar-refractivity contribution in [1.82, 2.24) is 14.8 Å². The summed E-state index contributed by atoms with van der Waals surface area (Å²) in [7, 11) is 0. The van der Waals surface area contributed by atoms with Gasteiger partial charge < -0.3 is 0 Å². The van der Waals surface area contributed by atoms with Gasteiger partial charge in [0, 0.05) is 17.7 Å². The fourth-order valence-corrected chi connectivity index (χ4v) is 2.92. The molecule has 0 amide bonds. The first-order valence-corrected chi connectivity index (χ1v) is 7.23. The molecule has 0 spiro atoms. The molecule has 0 saturated heterocycles. The van der Waals surface area contributed by atoms with Crippen molar-refractivity contribution in [3.8, 4) is 0 Å². The number of hydrogen-bond acceptors (Lipinski definition) is 3. The monoisotopic (exact) mass is 243 g/mol. The van der Waals surface area contributed by atoms with Gasteiger partial charge in [-0.25, -0.2) is 0 Å². The van der Waals surface area contributed by atoms with Gasteiger partial charge in [0.15, 0.2) is 4.77 Å². The Morgan fingerprint density at radius 3 is 2.93 bits per heavy atom. The molecule has 84 valence electrons. The lowest BCUT2D eigenvalue weighted by Gasteiger charge is -2.17. The molecule has 1 aliphatic rings. The Bertz CT molecular complexity index is 378. The summed E-state index contributed by atoms with van der Waals surface area (Å²) in [6.45, 7) is 2.21. The van der Waals surface area contributed by atoms with Crippen LogP contribution in [0.4, 0.5) is 0 Å². The summed E-state index contributed by atoms with van der Waals surface area (Å²) in [5, 5.41) is 7.30. The molecule has 1 N–H and O–H groups in total. The Morgan fingerprint density at radius 1 is 1.67 bits per heavy atom. The van der Waals surface area contributed by atoms with Gasteiger partial charge in [-0.3, -0.25) is 9.67 Å². The Kier molecular flexibility index (Phi) is 3.51. The summed E-state index contributed by atoms with van der Waals surface area (Å²) in [4.78, 5) is 0. The summed E-state index contributed by atoms with van der Waals surface area (Å²) >= 11 is 7.19. The van der Waals surface area contributed by atoms with Gasteiger partial charge in [-0.1, -0.05) is 6.92 Å². The van der Waals surface area contributed by atoms with Crippen molar-refractivity contribution in [1.29, 1.82) is 0 Å². The third-order valence-electron chi connectivity index (χ3n) is 2.87. The molecule has 1 aromatic heterocycles. The molecule has 0 radical (unpaired) electrons. The zero-order valence-corrected chi connectivity index (χ0v) is 10.8. The number of nitrogens with one attached hydrogen (secondary N) is 1. The smallest absolute Gasteiger partial charge is 0.195 e. The van der Waals surface area contributed by atoms with Crippen LogP contribution in [0.2, 0.25) is 0 Å². The maximum atomic E-state index is 5.31. The first-order valence-electron chi connectivity index (χ1n) is 5.43. The van der Waals surface area contributed by atoms with Crippen molar-refractivity contribution in [2.45, 2.75) is 38.1 Å². The van der Waals surface area contributed by atoms with Gasteiger partial charge in [0.1, 0.15) is 5.82 Å². The third kappa shape index (κ3) is 2.28. The minimum Gasteiger partial charge on any atom is -0.300 e. The van der Waals surface area contributed by atoms with Gasteiger partial charge in [-0.15, -0.1) is 0 Å². The van der Waals surface area contributed by atoms with Gasteiger partial charge in [0.25, 0.3) is 0 Å². The average Bonchev–Trinajstić information content (AvgIpc) is 3.00. The number of thioether (sulfide) groups is 1. The highest BCUT2D eigenvalue weighted by atomic mass is 32.2. The maximum Gasteiger partial charge on any atom is 0.195 e. The number of H-pyrrole nitrogens is 1. The number of aromatic nitrogens is 3. The van der Waals surface area contributed by atoms with E-state index < -0.39 is 0 Å². The highest BCUT2D eigenvalue weighted by Gasteiger charge is 2.30. The molecule has 2 rings (SSSR count). The molecular weight excluding hydrogens is 226 g/mol. The van der Waals surface area contributed by atoms with E-state index in [1.165, 1.54) is 18.7 Å². The molecule has 3 nitrogen and oxygen atoms in total. The number of nitrogens with zero attached hydrogens (tertiary/aromatic N) is 2. The number of hydrogen-bond donors (Lipinski definition) is 1. The average molecular weight is 243 g/mol. The molecule has 1 aliphatic carbocycles. The molecule has 0 aromatic carbocycles. The zero-order valence-electron chi connectivity index (χ0n) is 9.19. The molecular formula is C10H17N3S2. The molecule has 5 heteroatoms. The molecule has 0 aliphatic heterocycles. The van der Waals surface area contributed by atoms with Crippen molar-refractivity contribution in [2.75, 3.05) is 12.0 Å². The van der Waals surface area contributed by atoms with Crippen LogP contribution in [-0.4, -0.2) is 26.8 Å². The van der Waals surface area contributed by atoms with Gasteiger partial charge in [-0.05, 0) is 37.7 Å². The van der Waals surface area contributed by atoms with Crippen LogP contribution in [0, 0.1) is 4.77 Å². The van der Waals surface area contributed by atoms with Crippen molar-refractivity contribution in [2.24, 2.45) is 0 Å². The quantitative estimate of drug-likeness (QED) is 0.807. The van der Waals surface area contributed by atoms with Crippen molar-refractivity contribution >= 4 is 24.0 Å². The van der Waals surface area contributed by atoms with Gasteiger partial charge in [0.05, 0.1) is 0 Å². The first kappa shape index (κ1) is 11.2. The van der Waals surface area contributed by atoms with Crippen LogP contribution in [0.1, 0.15) is 44.0 Å². The summed E-state index contributed by atoms with van der Waals surface area (Å²) in [6.07, 6.45) is 5.81. The Morgan fingerprint density at radius 2 is 2.40 bits per heavy atom. The van der Waals surface area contributed by atoms with Gasteiger partial charge >= 0.3 is 0 Å². The van der Waals surface area contributed by atoms with Crippen molar-refractivity contribution in [3.05, 3.63) is 10.6 Å². The molecule has 1 heterocycles. The van der Waals surface area contributed by atoms with Crippen LogP contribution in [0.25, 0.3) is 0 Å². The fraction of sp³-hybridized carbons (Fsp3) is 0.800. The maximum absolute atomic E-state index is 5.31. The minimum atomic E-state index is 0.502. The second kappa shape index (κ2) is 4.70. The van der Waals surface area contributed by atoms with E-state index >= 15 is 0 Å². The van der Waals surface area contributed by atoms with E-state index in [4.69, 9.17) is 12.2 Å². The molecule has 15 heavy (non-hydrogen) atoms. The fourth-order valence-electron chi connectivity index (χ4n) is 1.87. The van der Waals surface area contributed by atoms with E-state index in [2.05, 4.69) is 27.9 Å². The topological polar surface area (TPSA) is 33.6 Å². The van der Waals surface area contributed by atoms with Gasteiger partial charge in [-0.2, -0.15) is 16.9 Å². The predicted molar refractivity (Wildman–Crippen MR) is 67.1 cm³/mol. The molecule has 1 saturated carbocycles. The minimum absolute atomic E-state index is 0.502. The summed E-state index contributed by atoms with van der Waals surface area (Å²) in [5.41, 5.74) is 0. The van der Waals surface area contributed by atoms with E-state index in [-0.39, 0.29) is 0 Å². The van der Waals surface area contributed by atoms with Crippen molar-refractivity contribution < 1.29 is 0 Å². The van der Waals surface area contributed by atoms with Crippen LogP contribution in [0.15, 0.2) is 0 Å². The second-order valence-electron chi connectivity index (χ2n) is 4.05. The van der Waals surface area contributed by atoms with Gasteiger partial charge in [0.2, 0.25) is 0 Å². The van der Waals surface area contributed by atoms with Crippen LogP contribution >= 0.6 is 24.0 Å². The number of rotatable bonds is 5. The molecule has 0 bridgehead atoms. The Balaban J connectivity index is 2.30. The van der Waals surface area contributed by atoms with E-state index in [9.17, 15) is 0 Å². The third-order valence-corrected chi connectivity index (χ3v) is 3.88. The highest BCUT2D eigenvalue weighted by molar-refractivity contribution is 7.98. The van der Waals surface area contributed by atoms with E-state index in [0.29, 0.717) is 12.0 Å². The van der Waals surface area contributed by atoms with Crippen LogP contribution < -0.4 is 0 Å². The Hall–Kier alpha value is -0.290. The van der Waals surface area contributed by atoms with E-state index in [0.717, 1.165) is 16.9 Å².